The van der Waals surface area contributed by atoms with E-state index in [0.717, 1.165) is 0 Å². The van der Waals surface area contributed by atoms with Crippen molar-refractivity contribution >= 4 is 18.5 Å². The van der Waals surface area contributed by atoms with E-state index >= 15 is 0 Å². The highest BCUT2D eigenvalue weighted by molar-refractivity contribution is 7.80. The minimum atomic E-state index is -0.599. The van der Waals surface area contributed by atoms with Gasteiger partial charge in [-0.15, -0.1) is 12.6 Å². The molecular weight excluding hydrogens is 257 g/mol. The molecule has 0 spiro atoms. The van der Waals surface area contributed by atoms with Gasteiger partial charge >= 0.3 is 0 Å². The Kier molecular flexibility index (Phi) is 6.11. The van der Waals surface area contributed by atoms with Crippen molar-refractivity contribution in [3.05, 3.63) is 29.6 Å². The summed E-state index contributed by atoms with van der Waals surface area (Å²) in [6, 6.07) is 4.04. The largest absolute Gasteiger partial charge is 0.395 e. The van der Waals surface area contributed by atoms with Crippen molar-refractivity contribution in [3.8, 4) is 0 Å². The second-order valence-corrected chi connectivity index (χ2v) is 4.19. The number of aliphatic hydroxyl groups excluding tert-OH is 1. The molecule has 100 valence electrons. The molecule has 0 aromatic heterocycles. The highest BCUT2D eigenvalue weighted by atomic mass is 32.1. The van der Waals surface area contributed by atoms with Crippen molar-refractivity contribution in [2.24, 2.45) is 0 Å². The Morgan fingerprint density at radius 2 is 2.22 bits per heavy atom. The lowest BCUT2D eigenvalue weighted by molar-refractivity contribution is 0.0651. The van der Waals surface area contributed by atoms with Crippen LogP contribution in [0.3, 0.4) is 0 Å². The molecule has 0 fully saturated rings. The quantitative estimate of drug-likeness (QED) is 0.766. The van der Waals surface area contributed by atoms with Gasteiger partial charge in [0.05, 0.1) is 18.8 Å². The Balaban J connectivity index is 2.90. The number of hydrogen-bond donors (Lipinski definition) is 2. The Morgan fingerprint density at radius 3 is 2.83 bits per heavy atom. The number of carbonyl (C=O) groups is 1. The summed E-state index contributed by atoms with van der Waals surface area (Å²) in [4.78, 5) is 14.0. The molecule has 0 bridgehead atoms. The fourth-order valence-electron chi connectivity index (χ4n) is 1.48. The van der Waals surface area contributed by atoms with Gasteiger partial charge in [0.25, 0.3) is 5.91 Å². The Bertz CT molecular complexity index is 414. The molecule has 0 unspecified atom stereocenters. The first-order valence-corrected chi connectivity index (χ1v) is 5.92. The third kappa shape index (κ3) is 3.97. The number of carbonyl (C=O) groups excluding carboxylic acids is 1. The standard InChI is InChI=1S/C12H16FNO3S/c1-17-7-5-14(4-6-15)12(16)10-8-9(18)2-3-11(10)13/h2-3,8,15,18H,4-7H2,1H3. The van der Waals surface area contributed by atoms with Crippen molar-refractivity contribution in [1.29, 1.82) is 0 Å². The lowest BCUT2D eigenvalue weighted by Crippen LogP contribution is -2.36. The second kappa shape index (κ2) is 7.35. The molecule has 6 heteroatoms. The molecule has 1 rings (SSSR count). The van der Waals surface area contributed by atoms with Crippen LogP contribution in [0.2, 0.25) is 0 Å². The monoisotopic (exact) mass is 273 g/mol. The smallest absolute Gasteiger partial charge is 0.257 e. The van der Waals surface area contributed by atoms with Crippen LogP contribution in [0.4, 0.5) is 4.39 Å². The van der Waals surface area contributed by atoms with Gasteiger partial charge in [-0.3, -0.25) is 4.79 Å². The molecule has 0 atom stereocenters. The van der Waals surface area contributed by atoms with Crippen LogP contribution < -0.4 is 0 Å². The number of aliphatic hydroxyl groups is 1. The Morgan fingerprint density at radius 1 is 1.50 bits per heavy atom. The van der Waals surface area contributed by atoms with Crippen molar-refractivity contribution in [1.82, 2.24) is 4.90 Å². The van der Waals surface area contributed by atoms with Crippen LogP contribution in [-0.4, -0.2) is 49.3 Å². The van der Waals surface area contributed by atoms with Crippen molar-refractivity contribution in [3.63, 3.8) is 0 Å². The van der Waals surface area contributed by atoms with E-state index in [1.165, 1.54) is 30.2 Å². The van der Waals surface area contributed by atoms with Gasteiger partial charge in [0.15, 0.2) is 0 Å². The van der Waals surface area contributed by atoms with Gasteiger partial charge in [-0.05, 0) is 18.2 Å². The number of amides is 1. The topological polar surface area (TPSA) is 49.8 Å². The van der Waals surface area contributed by atoms with Gasteiger partial charge in [0, 0.05) is 25.1 Å². The number of thiol groups is 1. The highest BCUT2D eigenvalue weighted by Gasteiger charge is 2.18. The summed E-state index contributed by atoms with van der Waals surface area (Å²) in [5.41, 5.74) is -0.0490. The molecular formula is C12H16FNO3S. The van der Waals surface area contributed by atoms with Crippen LogP contribution in [0.5, 0.6) is 0 Å². The summed E-state index contributed by atoms with van der Waals surface area (Å²) in [7, 11) is 1.51. The zero-order chi connectivity index (χ0) is 13.5. The van der Waals surface area contributed by atoms with Crippen molar-refractivity contribution in [2.75, 3.05) is 33.4 Å². The van der Waals surface area contributed by atoms with Crippen molar-refractivity contribution in [2.45, 2.75) is 4.90 Å². The number of hydrogen-bond acceptors (Lipinski definition) is 4. The van der Waals surface area contributed by atoms with E-state index in [9.17, 15) is 9.18 Å². The maximum Gasteiger partial charge on any atom is 0.257 e. The van der Waals surface area contributed by atoms with Crippen molar-refractivity contribution < 1.29 is 19.0 Å². The molecule has 4 nitrogen and oxygen atoms in total. The number of ether oxygens (including phenoxy) is 1. The minimum absolute atomic E-state index is 0.0490. The summed E-state index contributed by atoms with van der Waals surface area (Å²) in [5, 5.41) is 8.91. The molecule has 1 N–H and O–H groups in total. The first-order valence-electron chi connectivity index (χ1n) is 5.47. The van der Waals surface area contributed by atoms with Gasteiger partial charge in [-0.2, -0.15) is 0 Å². The maximum atomic E-state index is 13.6. The first-order chi connectivity index (χ1) is 8.60. The number of benzene rings is 1. The fraction of sp³-hybridized carbons (Fsp3) is 0.417. The van der Waals surface area contributed by atoms with Crippen LogP contribution in [0.1, 0.15) is 10.4 Å². The van der Waals surface area contributed by atoms with Crippen LogP contribution in [0, 0.1) is 5.82 Å². The predicted molar refractivity (Wildman–Crippen MR) is 68.5 cm³/mol. The molecule has 0 radical (unpaired) electrons. The van der Waals surface area contributed by atoms with Gasteiger partial charge in [0.2, 0.25) is 0 Å². The summed E-state index contributed by atoms with van der Waals surface area (Å²) >= 11 is 4.08. The molecule has 1 aromatic rings. The van der Waals surface area contributed by atoms with Gasteiger partial charge in [0.1, 0.15) is 5.82 Å². The van der Waals surface area contributed by atoms with Gasteiger partial charge in [-0.25, -0.2) is 4.39 Å². The third-order valence-electron chi connectivity index (χ3n) is 2.40. The number of methoxy groups -OCH3 is 1. The summed E-state index contributed by atoms with van der Waals surface area (Å²) in [5.74, 6) is -1.08. The molecule has 0 saturated heterocycles. The Hall–Kier alpha value is -1.11. The average molecular weight is 273 g/mol. The zero-order valence-electron chi connectivity index (χ0n) is 10.1. The predicted octanol–water partition coefficient (Wildman–Crippen LogP) is 1.20. The SMILES string of the molecule is COCCN(CCO)C(=O)c1cc(S)ccc1F. The van der Waals surface area contributed by atoms with Crippen LogP contribution in [0.25, 0.3) is 0 Å². The maximum absolute atomic E-state index is 13.6. The van der Waals surface area contributed by atoms with E-state index in [-0.39, 0.29) is 18.7 Å². The van der Waals surface area contributed by atoms with Gasteiger partial charge in [-0.1, -0.05) is 0 Å². The van der Waals surface area contributed by atoms with Crippen LogP contribution in [-0.2, 0) is 4.74 Å². The first kappa shape index (κ1) is 14.9. The average Bonchev–Trinajstić information content (AvgIpc) is 2.36. The minimum Gasteiger partial charge on any atom is -0.395 e. The van der Waals surface area contributed by atoms with E-state index in [1.54, 1.807) is 0 Å². The number of rotatable bonds is 6. The van der Waals surface area contributed by atoms with E-state index < -0.39 is 11.7 Å². The highest BCUT2D eigenvalue weighted by Crippen LogP contribution is 2.15. The normalized spacial score (nSPS) is 10.4. The fourth-order valence-corrected chi connectivity index (χ4v) is 1.69. The van der Waals surface area contributed by atoms with Gasteiger partial charge < -0.3 is 14.7 Å². The summed E-state index contributed by atoms with van der Waals surface area (Å²) < 4.78 is 18.4. The molecule has 1 aromatic carbocycles. The lowest BCUT2D eigenvalue weighted by Gasteiger charge is -2.21. The lowest BCUT2D eigenvalue weighted by atomic mass is 10.2. The van der Waals surface area contributed by atoms with E-state index in [0.29, 0.717) is 18.0 Å². The number of nitrogens with zero attached hydrogens (tertiary/aromatic N) is 1. The third-order valence-corrected chi connectivity index (χ3v) is 2.68. The molecule has 0 aliphatic heterocycles. The van der Waals surface area contributed by atoms with E-state index in [1.807, 2.05) is 0 Å². The zero-order valence-corrected chi connectivity index (χ0v) is 11.0. The second-order valence-electron chi connectivity index (χ2n) is 3.67. The molecule has 0 aliphatic carbocycles. The van der Waals surface area contributed by atoms with Crippen LogP contribution >= 0.6 is 12.6 Å². The van der Waals surface area contributed by atoms with E-state index in [2.05, 4.69) is 12.6 Å². The molecule has 0 heterocycles. The van der Waals surface area contributed by atoms with E-state index in [4.69, 9.17) is 9.84 Å². The molecule has 0 saturated carbocycles. The summed E-state index contributed by atoms with van der Waals surface area (Å²) in [6.07, 6.45) is 0. The molecule has 18 heavy (non-hydrogen) atoms. The number of halogens is 1. The summed E-state index contributed by atoms with van der Waals surface area (Å²) in [6.45, 7) is 0.579. The Labute approximate surface area is 111 Å². The molecule has 1 amide bonds. The molecule has 0 aliphatic rings. The van der Waals surface area contributed by atoms with Crippen LogP contribution in [0.15, 0.2) is 23.1 Å².